The van der Waals surface area contributed by atoms with Gasteiger partial charge in [0, 0.05) is 0 Å². The highest BCUT2D eigenvalue weighted by Gasteiger charge is 2.28. The zero-order valence-electron chi connectivity index (χ0n) is 15.6. The van der Waals surface area contributed by atoms with Gasteiger partial charge in [-0.1, -0.05) is 32.4 Å². The molecular formula is C18H27N3O5. The van der Waals surface area contributed by atoms with Crippen molar-refractivity contribution in [2.24, 2.45) is 11.7 Å². The third-order valence-electron chi connectivity index (χ3n) is 4.08. The summed E-state index contributed by atoms with van der Waals surface area (Å²) >= 11 is 0. The van der Waals surface area contributed by atoms with Crippen LogP contribution in [0.4, 0.5) is 4.79 Å². The molecule has 144 valence electrons. The molecular weight excluding hydrogens is 338 g/mol. The molecule has 0 aliphatic heterocycles. The SMILES string of the molecule is CCC(C)C(NC(=O)OCc1ccc(OC)cc1)C(=O)NC(C)C(N)=O. The number of methoxy groups -OCH3 is 1. The number of hydrogen-bond donors (Lipinski definition) is 3. The summed E-state index contributed by atoms with van der Waals surface area (Å²) in [5.74, 6) is -0.575. The van der Waals surface area contributed by atoms with Crippen LogP contribution in [-0.4, -0.2) is 37.1 Å². The molecule has 26 heavy (non-hydrogen) atoms. The molecule has 0 saturated heterocycles. The summed E-state index contributed by atoms with van der Waals surface area (Å²) in [6.07, 6.45) is -0.0603. The number of nitrogens with two attached hydrogens (primary N) is 1. The molecule has 0 saturated carbocycles. The van der Waals surface area contributed by atoms with Gasteiger partial charge in [0.05, 0.1) is 7.11 Å². The number of carbonyl (C=O) groups is 3. The number of ether oxygens (including phenoxy) is 2. The lowest BCUT2D eigenvalue weighted by Gasteiger charge is -2.24. The Labute approximate surface area is 153 Å². The lowest BCUT2D eigenvalue weighted by Crippen LogP contribution is -2.54. The molecule has 0 aliphatic rings. The van der Waals surface area contributed by atoms with Gasteiger partial charge in [-0.05, 0) is 30.5 Å². The summed E-state index contributed by atoms with van der Waals surface area (Å²) in [7, 11) is 1.57. The predicted octanol–water partition coefficient (Wildman–Crippen LogP) is 1.33. The Morgan fingerprint density at radius 2 is 1.73 bits per heavy atom. The van der Waals surface area contributed by atoms with Crippen LogP contribution in [0.1, 0.15) is 32.8 Å². The van der Waals surface area contributed by atoms with Gasteiger partial charge in [-0.25, -0.2) is 4.79 Å². The first-order valence-corrected chi connectivity index (χ1v) is 8.44. The van der Waals surface area contributed by atoms with Crippen LogP contribution in [0.25, 0.3) is 0 Å². The third-order valence-corrected chi connectivity index (χ3v) is 4.08. The van der Waals surface area contributed by atoms with E-state index in [1.54, 1.807) is 31.4 Å². The van der Waals surface area contributed by atoms with E-state index in [1.165, 1.54) is 6.92 Å². The molecule has 0 fully saturated rings. The van der Waals surface area contributed by atoms with Crippen LogP contribution in [0.3, 0.4) is 0 Å². The van der Waals surface area contributed by atoms with Crippen molar-refractivity contribution in [3.63, 3.8) is 0 Å². The molecule has 0 bridgehead atoms. The van der Waals surface area contributed by atoms with Crippen molar-refractivity contribution in [3.8, 4) is 5.75 Å². The minimum Gasteiger partial charge on any atom is -0.497 e. The summed E-state index contributed by atoms with van der Waals surface area (Å²) in [5.41, 5.74) is 5.94. The van der Waals surface area contributed by atoms with Crippen LogP contribution < -0.4 is 21.1 Å². The fourth-order valence-corrected chi connectivity index (χ4v) is 2.12. The molecule has 3 atom stereocenters. The van der Waals surface area contributed by atoms with Gasteiger partial charge >= 0.3 is 6.09 Å². The lowest BCUT2D eigenvalue weighted by molar-refractivity contribution is -0.129. The average Bonchev–Trinajstić information content (AvgIpc) is 2.63. The van der Waals surface area contributed by atoms with E-state index in [0.717, 1.165) is 5.56 Å². The van der Waals surface area contributed by atoms with Gasteiger partial charge in [0.25, 0.3) is 0 Å². The second-order valence-corrected chi connectivity index (χ2v) is 6.06. The van der Waals surface area contributed by atoms with Crippen molar-refractivity contribution in [2.75, 3.05) is 7.11 Å². The van der Waals surface area contributed by atoms with E-state index in [2.05, 4.69) is 10.6 Å². The van der Waals surface area contributed by atoms with Crippen LogP contribution in [0.2, 0.25) is 0 Å². The molecule has 0 aliphatic carbocycles. The van der Waals surface area contributed by atoms with Crippen molar-refractivity contribution >= 4 is 17.9 Å². The molecule has 0 spiro atoms. The Morgan fingerprint density at radius 3 is 2.23 bits per heavy atom. The van der Waals surface area contributed by atoms with Crippen LogP contribution in [0.5, 0.6) is 5.75 Å². The maximum Gasteiger partial charge on any atom is 0.408 e. The largest absolute Gasteiger partial charge is 0.497 e. The number of benzene rings is 1. The average molecular weight is 365 g/mol. The number of amides is 3. The van der Waals surface area contributed by atoms with Gasteiger partial charge in [0.15, 0.2) is 0 Å². The van der Waals surface area contributed by atoms with Gasteiger partial charge in [-0.3, -0.25) is 9.59 Å². The molecule has 0 heterocycles. The summed E-state index contributed by atoms with van der Waals surface area (Å²) in [6.45, 7) is 5.26. The maximum absolute atomic E-state index is 12.3. The number of hydrogen-bond acceptors (Lipinski definition) is 5. The number of alkyl carbamates (subject to hydrolysis) is 1. The van der Waals surface area contributed by atoms with Crippen LogP contribution >= 0.6 is 0 Å². The molecule has 1 aromatic carbocycles. The Kier molecular flexibility index (Phi) is 8.41. The smallest absolute Gasteiger partial charge is 0.408 e. The first-order chi connectivity index (χ1) is 12.3. The number of carbonyl (C=O) groups excluding carboxylic acids is 3. The Morgan fingerprint density at radius 1 is 1.12 bits per heavy atom. The molecule has 4 N–H and O–H groups in total. The molecule has 8 heteroatoms. The van der Waals surface area contributed by atoms with E-state index in [0.29, 0.717) is 12.2 Å². The fraction of sp³-hybridized carbons (Fsp3) is 0.500. The standard InChI is InChI=1S/C18H27N3O5/c1-5-11(2)15(17(23)20-12(3)16(19)22)21-18(24)26-10-13-6-8-14(25-4)9-7-13/h6-9,11-12,15H,5,10H2,1-4H3,(H2,19,22)(H,20,23)(H,21,24). The van der Waals surface area contributed by atoms with Gasteiger partial charge in [-0.2, -0.15) is 0 Å². The fourth-order valence-electron chi connectivity index (χ4n) is 2.12. The molecule has 8 nitrogen and oxygen atoms in total. The lowest BCUT2D eigenvalue weighted by atomic mass is 9.98. The number of primary amides is 1. The van der Waals surface area contributed by atoms with Crippen molar-refractivity contribution in [1.82, 2.24) is 10.6 Å². The Balaban J connectivity index is 2.63. The van der Waals surface area contributed by atoms with Crippen LogP contribution in [0, 0.1) is 5.92 Å². The van der Waals surface area contributed by atoms with E-state index >= 15 is 0 Å². The van der Waals surface area contributed by atoms with Crippen LogP contribution in [-0.2, 0) is 20.9 Å². The van der Waals surface area contributed by atoms with Crippen molar-refractivity contribution in [3.05, 3.63) is 29.8 Å². The minimum absolute atomic E-state index is 0.0579. The molecule has 3 amide bonds. The van der Waals surface area contributed by atoms with E-state index in [-0.39, 0.29) is 12.5 Å². The molecule has 0 radical (unpaired) electrons. The van der Waals surface area contributed by atoms with E-state index in [4.69, 9.17) is 15.2 Å². The third kappa shape index (κ3) is 6.62. The van der Waals surface area contributed by atoms with E-state index in [1.807, 2.05) is 13.8 Å². The topological polar surface area (TPSA) is 120 Å². The first kappa shape index (κ1) is 21.3. The predicted molar refractivity (Wildman–Crippen MR) is 96.4 cm³/mol. The van der Waals surface area contributed by atoms with Crippen molar-refractivity contribution in [2.45, 2.75) is 45.9 Å². The van der Waals surface area contributed by atoms with E-state index in [9.17, 15) is 14.4 Å². The quantitative estimate of drug-likeness (QED) is 0.610. The van der Waals surface area contributed by atoms with Crippen molar-refractivity contribution in [1.29, 1.82) is 0 Å². The second kappa shape index (κ2) is 10.3. The first-order valence-electron chi connectivity index (χ1n) is 8.44. The molecule has 1 rings (SSSR count). The highest BCUT2D eigenvalue weighted by atomic mass is 16.5. The molecule has 0 aromatic heterocycles. The zero-order valence-corrected chi connectivity index (χ0v) is 15.6. The van der Waals surface area contributed by atoms with Gasteiger partial charge in [0.2, 0.25) is 11.8 Å². The summed E-state index contributed by atoms with van der Waals surface area (Å²) in [5, 5.41) is 5.04. The monoisotopic (exact) mass is 365 g/mol. The molecule has 1 aromatic rings. The summed E-state index contributed by atoms with van der Waals surface area (Å²) < 4.78 is 10.2. The highest BCUT2D eigenvalue weighted by Crippen LogP contribution is 2.12. The number of rotatable bonds is 9. The highest BCUT2D eigenvalue weighted by molar-refractivity contribution is 5.90. The summed E-state index contributed by atoms with van der Waals surface area (Å²) in [4.78, 5) is 35.5. The maximum atomic E-state index is 12.3. The van der Waals surface area contributed by atoms with E-state index < -0.39 is 30.0 Å². The minimum atomic E-state index is -0.829. The van der Waals surface area contributed by atoms with Crippen LogP contribution in [0.15, 0.2) is 24.3 Å². The second-order valence-electron chi connectivity index (χ2n) is 6.06. The number of nitrogens with one attached hydrogen (secondary N) is 2. The van der Waals surface area contributed by atoms with Gasteiger partial charge in [-0.15, -0.1) is 0 Å². The Hall–Kier alpha value is -2.77. The van der Waals surface area contributed by atoms with Crippen molar-refractivity contribution < 1.29 is 23.9 Å². The Bertz CT molecular complexity index is 618. The molecule has 3 unspecified atom stereocenters. The normalized spacial score (nSPS) is 13.8. The summed E-state index contributed by atoms with van der Waals surface area (Å²) in [6, 6.07) is 5.42. The zero-order chi connectivity index (χ0) is 19.7. The van der Waals surface area contributed by atoms with Gasteiger partial charge in [0.1, 0.15) is 24.4 Å². The van der Waals surface area contributed by atoms with Gasteiger partial charge < -0.3 is 25.8 Å².